The van der Waals surface area contributed by atoms with Gasteiger partial charge in [0.2, 0.25) is 5.91 Å². The number of benzene rings is 2. The maximum absolute atomic E-state index is 12.4. The molecule has 2 aromatic rings. The summed E-state index contributed by atoms with van der Waals surface area (Å²) in [6.07, 6.45) is 6.43. The summed E-state index contributed by atoms with van der Waals surface area (Å²) in [6, 6.07) is 14.6. The topological polar surface area (TPSA) is 92.4 Å². The number of aliphatic hydroxyl groups is 1. The number of rotatable bonds is 7. The summed E-state index contributed by atoms with van der Waals surface area (Å²) in [5.74, 6) is -0.597. The highest BCUT2D eigenvalue weighted by Gasteiger charge is 2.20. The second-order valence-electron chi connectivity index (χ2n) is 6.47. The molecule has 0 spiro atoms. The van der Waals surface area contributed by atoms with Crippen LogP contribution in [0.3, 0.4) is 0 Å². The average Bonchev–Trinajstić information content (AvgIpc) is 3.10. The van der Waals surface area contributed by atoms with Crippen LogP contribution in [-0.4, -0.2) is 29.4 Å². The van der Waals surface area contributed by atoms with Crippen molar-refractivity contribution in [2.75, 3.05) is 11.9 Å². The number of hydrogen-bond donors (Lipinski definition) is 3. The van der Waals surface area contributed by atoms with Crippen LogP contribution in [0.5, 0.6) is 0 Å². The van der Waals surface area contributed by atoms with Crippen molar-refractivity contribution in [3.8, 4) is 0 Å². The summed E-state index contributed by atoms with van der Waals surface area (Å²) in [7, 11) is 0. The largest absolute Gasteiger partial charge is 0.388 e. The fourth-order valence-electron chi connectivity index (χ4n) is 3.03. The van der Waals surface area contributed by atoms with Gasteiger partial charge >= 0.3 is 0 Å². The Hall–Kier alpha value is -2.67. The van der Waals surface area contributed by atoms with Gasteiger partial charge in [-0.1, -0.05) is 48.6 Å². The van der Waals surface area contributed by atoms with E-state index < -0.39 is 12.6 Å². The van der Waals surface area contributed by atoms with E-state index in [0.29, 0.717) is 12.1 Å². The molecule has 0 fully saturated rings. The molecule has 1 unspecified atom stereocenters. The van der Waals surface area contributed by atoms with Crippen LogP contribution < -0.4 is 11.1 Å². The van der Waals surface area contributed by atoms with E-state index in [1.807, 2.05) is 12.1 Å². The van der Waals surface area contributed by atoms with Gasteiger partial charge in [-0.2, -0.15) is 13.5 Å². The minimum absolute atomic E-state index is 0. The molecule has 1 atom stereocenters. The first-order valence-corrected chi connectivity index (χ1v) is 8.82. The molecule has 3 rings (SSSR count). The van der Waals surface area contributed by atoms with Gasteiger partial charge in [0, 0.05) is 5.69 Å². The van der Waals surface area contributed by atoms with E-state index in [1.165, 1.54) is 17.2 Å². The van der Waals surface area contributed by atoms with Crippen molar-refractivity contribution >= 4 is 42.5 Å². The van der Waals surface area contributed by atoms with Crippen molar-refractivity contribution < 1.29 is 14.7 Å². The van der Waals surface area contributed by atoms with Gasteiger partial charge in [0.15, 0.2) is 5.78 Å². The molecule has 0 radical (unpaired) electrons. The molecular formula is C22H24N2O3S. The molecule has 0 heterocycles. The normalized spacial score (nSPS) is 13.4. The third-order valence-corrected chi connectivity index (χ3v) is 4.50. The second-order valence-corrected chi connectivity index (χ2v) is 6.47. The molecular weight excluding hydrogens is 372 g/mol. The Labute approximate surface area is 171 Å². The average molecular weight is 397 g/mol. The summed E-state index contributed by atoms with van der Waals surface area (Å²) in [5, 5.41) is 11.5. The number of carbonyl (C=O) groups is 2. The van der Waals surface area contributed by atoms with Crippen LogP contribution in [0, 0.1) is 0 Å². The number of nitrogens with one attached hydrogen (secondary N) is 1. The minimum Gasteiger partial charge on any atom is -0.388 e. The van der Waals surface area contributed by atoms with E-state index in [2.05, 4.69) is 23.5 Å². The van der Waals surface area contributed by atoms with Crippen LogP contribution in [-0.2, 0) is 16.0 Å². The Morgan fingerprint density at radius 3 is 2.57 bits per heavy atom. The summed E-state index contributed by atoms with van der Waals surface area (Å²) in [4.78, 5) is 23.5. The third-order valence-electron chi connectivity index (χ3n) is 4.50. The van der Waals surface area contributed by atoms with Gasteiger partial charge in [-0.3, -0.25) is 9.59 Å². The highest BCUT2D eigenvalue weighted by molar-refractivity contribution is 7.59. The summed E-state index contributed by atoms with van der Waals surface area (Å²) < 4.78 is 0. The zero-order valence-corrected chi connectivity index (χ0v) is 16.4. The molecule has 0 aromatic heterocycles. The van der Waals surface area contributed by atoms with Gasteiger partial charge in [0.1, 0.15) is 6.61 Å². The molecule has 1 aliphatic carbocycles. The molecule has 0 saturated heterocycles. The lowest BCUT2D eigenvalue weighted by molar-refractivity contribution is -0.117. The molecule has 0 aliphatic heterocycles. The quantitative estimate of drug-likeness (QED) is 0.628. The van der Waals surface area contributed by atoms with E-state index in [1.54, 1.807) is 30.3 Å². The van der Waals surface area contributed by atoms with Crippen LogP contribution in [0.15, 0.2) is 60.7 Å². The van der Waals surface area contributed by atoms with Crippen molar-refractivity contribution in [2.24, 2.45) is 5.73 Å². The van der Waals surface area contributed by atoms with Gasteiger partial charge in [-0.15, -0.1) is 0 Å². The predicted octanol–water partition coefficient (Wildman–Crippen LogP) is 2.67. The monoisotopic (exact) mass is 396 g/mol. The van der Waals surface area contributed by atoms with Crippen molar-refractivity contribution in [1.29, 1.82) is 0 Å². The van der Waals surface area contributed by atoms with E-state index in [-0.39, 0.29) is 25.2 Å². The van der Waals surface area contributed by atoms with E-state index in [9.17, 15) is 9.59 Å². The van der Waals surface area contributed by atoms with Crippen molar-refractivity contribution in [3.05, 3.63) is 77.4 Å². The zero-order valence-electron chi connectivity index (χ0n) is 15.4. The van der Waals surface area contributed by atoms with Gasteiger partial charge in [-0.25, -0.2) is 0 Å². The Bertz CT molecular complexity index is 904. The zero-order chi connectivity index (χ0) is 19.2. The Morgan fingerprint density at radius 1 is 1.14 bits per heavy atom. The first kappa shape index (κ1) is 21.6. The van der Waals surface area contributed by atoms with Gasteiger partial charge in [0.05, 0.1) is 6.04 Å². The molecule has 4 N–H and O–H groups in total. The number of ketones is 1. The molecule has 5 nitrogen and oxygen atoms in total. The number of amides is 1. The number of hydrogen-bond acceptors (Lipinski definition) is 4. The Morgan fingerprint density at radius 2 is 1.86 bits per heavy atom. The number of aliphatic hydroxyl groups excluding tert-OH is 1. The predicted molar refractivity (Wildman–Crippen MR) is 117 cm³/mol. The highest BCUT2D eigenvalue weighted by Crippen LogP contribution is 2.30. The molecule has 28 heavy (non-hydrogen) atoms. The molecule has 1 aliphatic rings. The van der Waals surface area contributed by atoms with E-state index in [0.717, 1.165) is 17.6 Å². The van der Waals surface area contributed by atoms with Gasteiger partial charge in [0.25, 0.3) is 0 Å². The summed E-state index contributed by atoms with van der Waals surface area (Å²) in [6.45, 7) is -0.510. The minimum atomic E-state index is -0.635. The fourth-order valence-corrected chi connectivity index (χ4v) is 3.03. The van der Waals surface area contributed by atoms with Crippen molar-refractivity contribution in [3.63, 3.8) is 0 Å². The molecule has 1 amide bonds. The SMILES string of the molecule is NC(CC1=CCc2ccccc21)C(=O)Nc1ccc(/C=C/C(=O)CO)cc1.S. The van der Waals surface area contributed by atoms with Crippen LogP contribution in [0.25, 0.3) is 11.6 Å². The van der Waals surface area contributed by atoms with Crippen LogP contribution in [0.2, 0.25) is 0 Å². The number of carbonyl (C=O) groups excluding carboxylic acids is 2. The first-order valence-electron chi connectivity index (χ1n) is 8.82. The molecule has 146 valence electrons. The number of fused-ring (bicyclic) bond motifs is 1. The maximum atomic E-state index is 12.4. The number of nitrogens with two attached hydrogens (primary N) is 1. The van der Waals surface area contributed by atoms with Crippen molar-refractivity contribution in [1.82, 2.24) is 0 Å². The highest BCUT2D eigenvalue weighted by atomic mass is 32.1. The Balaban J connectivity index is 0.00000280. The van der Waals surface area contributed by atoms with Crippen LogP contribution in [0.4, 0.5) is 5.69 Å². The number of anilines is 1. The van der Waals surface area contributed by atoms with Crippen LogP contribution >= 0.6 is 13.5 Å². The maximum Gasteiger partial charge on any atom is 0.241 e. The lowest BCUT2D eigenvalue weighted by atomic mass is 9.99. The van der Waals surface area contributed by atoms with Crippen molar-refractivity contribution in [2.45, 2.75) is 18.9 Å². The lowest BCUT2D eigenvalue weighted by Crippen LogP contribution is -2.35. The van der Waals surface area contributed by atoms with E-state index in [4.69, 9.17) is 10.8 Å². The smallest absolute Gasteiger partial charge is 0.241 e. The van der Waals surface area contributed by atoms with E-state index >= 15 is 0 Å². The summed E-state index contributed by atoms with van der Waals surface area (Å²) >= 11 is 0. The molecule has 2 aromatic carbocycles. The van der Waals surface area contributed by atoms with Gasteiger partial charge < -0.3 is 16.2 Å². The van der Waals surface area contributed by atoms with Gasteiger partial charge in [-0.05, 0) is 53.3 Å². The lowest BCUT2D eigenvalue weighted by Gasteiger charge is -2.14. The standard InChI is InChI=1S/C22H22N2O3.H2S/c23-21(13-17-9-8-16-3-1-2-4-20(16)17)22(27)24-18-10-5-15(6-11-18)7-12-19(26)14-25;/h1-7,9-12,21,25H,8,13-14,23H2,(H,24,27);1H2/b12-7+;. The third kappa shape index (κ3) is 5.42. The Kier molecular flexibility index (Phi) is 7.75. The molecule has 6 heteroatoms. The number of allylic oxidation sites excluding steroid dienone is 1. The second kappa shape index (κ2) is 10.0. The molecule has 0 bridgehead atoms. The first-order chi connectivity index (χ1) is 13.1. The molecule has 0 saturated carbocycles. The summed E-state index contributed by atoms with van der Waals surface area (Å²) in [5.41, 5.74) is 11.1. The van der Waals surface area contributed by atoms with Crippen LogP contribution in [0.1, 0.15) is 23.1 Å². The fraction of sp³-hybridized carbons (Fsp3) is 0.182.